The summed E-state index contributed by atoms with van der Waals surface area (Å²) in [6.45, 7) is 4.27. The third kappa shape index (κ3) is 6.50. The Morgan fingerprint density at radius 3 is 2.14 bits per heavy atom. The minimum absolute atomic E-state index is 0.186. The van der Waals surface area contributed by atoms with Crippen LogP contribution in [0.1, 0.15) is 31.9 Å². The molecular weight excluding hydrogens is 400 g/mol. The third-order valence-electron chi connectivity index (χ3n) is 3.87. The number of nitrogens with zero attached hydrogens (tertiary/aromatic N) is 3. The summed E-state index contributed by atoms with van der Waals surface area (Å²) in [5.41, 5.74) is 0.220. The molecule has 1 aromatic heterocycles. The third-order valence-corrected chi connectivity index (χ3v) is 3.87. The molecule has 0 amide bonds. The lowest BCUT2D eigenvalue weighted by atomic mass is 10.0. The van der Waals surface area contributed by atoms with Gasteiger partial charge in [-0.3, -0.25) is 0 Å². The number of halogens is 6. The second-order valence-electron chi connectivity index (χ2n) is 6.80. The molecule has 1 aromatic carbocycles. The molecule has 2 rings (SSSR count). The predicted octanol–water partition coefficient (Wildman–Crippen LogP) is 5.79. The molecule has 0 N–H and O–H groups in total. The molecule has 2 aromatic rings. The van der Waals surface area contributed by atoms with Crippen molar-refractivity contribution < 1.29 is 31.1 Å². The van der Waals surface area contributed by atoms with E-state index in [0.29, 0.717) is 17.8 Å². The highest BCUT2D eigenvalue weighted by Crippen LogP contribution is 2.36. The van der Waals surface area contributed by atoms with Crippen LogP contribution in [0.15, 0.2) is 30.5 Å². The van der Waals surface area contributed by atoms with E-state index in [4.69, 9.17) is 0 Å². The molecule has 4 nitrogen and oxygen atoms in total. The van der Waals surface area contributed by atoms with Gasteiger partial charge < -0.3 is 9.64 Å². The van der Waals surface area contributed by atoms with Gasteiger partial charge in [-0.1, -0.05) is 26.0 Å². The second kappa shape index (κ2) is 8.87. The quantitative estimate of drug-likeness (QED) is 0.530. The zero-order valence-corrected chi connectivity index (χ0v) is 16.1. The molecule has 0 saturated carbocycles. The van der Waals surface area contributed by atoms with Crippen LogP contribution in [0.3, 0.4) is 0 Å². The van der Waals surface area contributed by atoms with Gasteiger partial charge in [0.05, 0.1) is 0 Å². The molecule has 0 unspecified atom stereocenters. The van der Waals surface area contributed by atoms with Gasteiger partial charge in [-0.05, 0) is 37.0 Å². The maximum atomic E-state index is 13.1. The van der Waals surface area contributed by atoms with Gasteiger partial charge in [0.15, 0.2) is 6.61 Å². The Balaban J connectivity index is 2.37. The maximum absolute atomic E-state index is 13.1. The minimum Gasteiger partial charge on any atom is -0.467 e. The largest absolute Gasteiger partial charge is 0.467 e. The van der Waals surface area contributed by atoms with Gasteiger partial charge in [-0.2, -0.15) is 31.3 Å². The first-order valence-electron chi connectivity index (χ1n) is 8.91. The van der Waals surface area contributed by atoms with Gasteiger partial charge in [0.2, 0.25) is 11.8 Å². The number of rotatable bonds is 7. The molecule has 0 atom stereocenters. The first-order valence-corrected chi connectivity index (χ1v) is 8.91. The number of benzene rings is 1. The number of aromatic nitrogens is 2. The summed E-state index contributed by atoms with van der Waals surface area (Å²) in [6, 6.07) is 7.28. The zero-order chi connectivity index (χ0) is 21.8. The molecule has 29 heavy (non-hydrogen) atoms. The Morgan fingerprint density at radius 1 is 1.03 bits per heavy atom. The van der Waals surface area contributed by atoms with Crippen LogP contribution < -0.4 is 9.64 Å². The van der Waals surface area contributed by atoms with Crippen LogP contribution in [-0.2, 0) is 12.6 Å². The van der Waals surface area contributed by atoms with Gasteiger partial charge in [-0.15, -0.1) is 0 Å². The standard InChI is InChI=1S/C19H21F6N3O/c1-4-28(14-7-5-13(6-8-14)9-12(2)3)17-26-10-15(19(23,24)25)16(27-17)29-11-18(20,21)22/h5-8,10,12H,4,9,11H2,1-3H3. The van der Waals surface area contributed by atoms with Gasteiger partial charge in [0.25, 0.3) is 0 Å². The Morgan fingerprint density at radius 2 is 1.66 bits per heavy atom. The van der Waals surface area contributed by atoms with Gasteiger partial charge in [-0.25, -0.2) is 4.98 Å². The first-order chi connectivity index (χ1) is 13.4. The average Bonchev–Trinajstić information content (AvgIpc) is 2.60. The molecule has 0 aliphatic carbocycles. The van der Waals surface area contributed by atoms with Crippen LogP contribution in [0.4, 0.5) is 38.0 Å². The van der Waals surface area contributed by atoms with Crippen molar-refractivity contribution in [1.29, 1.82) is 0 Å². The van der Waals surface area contributed by atoms with Crippen molar-refractivity contribution >= 4 is 11.6 Å². The lowest BCUT2D eigenvalue weighted by Crippen LogP contribution is -2.24. The molecule has 0 spiro atoms. The lowest BCUT2D eigenvalue weighted by molar-refractivity contribution is -0.159. The molecule has 0 radical (unpaired) electrons. The molecule has 0 bridgehead atoms. The van der Waals surface area contributed by atoms with Crippen molar-refractivity contribution in [3.63, 3.8) is 0 Å². The summed E-state index contributed by atoms with van der Waals surface area (Å²) in [7, 11) is 0. The van der Waals surface area contributed by atoms with E-state index in [-0.39, 0.29) is 12.5 Å². The fraction of sp³-hybridized carbons (Fsp3) is 0.474. The van der Waals surface area contributed by atoms with Crippen molar-refractivity contribution in [1.82, 2.24) is 9.97 Å². The topological polar surface area (TPSA) is 38.2 Å². The molecule has 0 fully saturated rings. The van der Waals surface area contributed by atoms with E-state index in [9.17, 15) is 26.3 Å². The van der Waals surface area contributed by atoms with Crippen molar-refractivity contribution in [2.45, 2.75) is 39.5 Å². The molecular formula is C19H21F6N3O. The van der Waals surface area contributed by atoms with E-state index >= 15 is 0 Å². The highest BCUT2D eigenvalue weighted by atomic mass is 19.4. The smallest absolute Gasteiger partial charge is 0.423 e. The fourth-order valence-electron chi connectivity index (χ4n) is 2.66. The Bertz CT molecular complexity index is 803. The van der Waals surface area contributed by atoms with Crippen molar-refractivity contribution in [3.8, 4) is 5.88 Å². The number of hydrogen-bond acceptors (Lipinski definition) is 4. The van der Waals surface area contributed by atoms with E-state index in [0.717, 1.165) is 12.0 Å². The Kier molecular flexibility index (Phi) is 6.97. The number of alkyl halides is 6. The van der Waals surface area contributed by atoms with Crippen LogP contribution in [0.5, 0.6) is 5.88 Å². The Labute approximate surface area is 164 Å². The highest BCUT2D eigenvalue weighted by Gasteiger charge is 2.38. The molecule has 1 heterocycles. The molecule has 0 saturated heterocycles. The second-order valence-corrected chi connectivity index (χ2v) is 6.80. The summed E-state index contributed by atoms with van der Waals surface area (Å²) < 4.78 is 80.9. The van der Waals surface area contributed by atoms with Crippen LogP contribution in [0, 0.1) is 5.92 Å². The van der Waals surface area contributed by atoms with Crippen molar-refractivity contribution in [2.24, 2.45) is 5.92 Å². The van der Waals surface area contributed by atoms with Gasteiger partial charge in [0, 0.05) is 18.4 Å². The van der Waals surface area contributed by atoms with E-state index < -0.39 is 30.4 Å². The van der Waals surface area contributed by atoms with E-state index in [1.165, 1.54) is 4.90 Å². The lowest BCUT2D eigenvalue weighted by Gasteiger charge is -2.23. The SMILES string of the molecule is CCN(c1ccc(CC(C)C)cc1)c1ncc(C(F)(F)F)c(OCC(F)(F)F)n1. The van der Waals surface area contributed by atoms with Gasteiger partial charge >= 0.3 is 12.4 Å². The van der Waals surface area contributed by atoms with E-state index in [1.54, 1.807) is 19.1 Å². The number of ether oxygens (including phenoxy) is 1. The first kappa shape index (κ1) is 22.8. The van der Waals surface area contributed by atoms with Gasteiger partial charge in [0.1, 0.15) is 5.56 Å². The monoisotopic (exact) mass is 421 g/mol. The summed E-state index contributed by atoms with van der Waals surface area (Å²) in [6.07, 6.45) is -8.46. The summed E-state index contributed by atoms with van der Waals surface area (Å²) in [4.78, 5) is 8.82. The highest BCUT2D eigenvalue weighted by molar-refractivity contribution is 5.58. The average molecular weight is 421 g/mol. The van der Waals surface area contributed by atoms with Crippen LogP contribution in [-0.4, -0.2) is 29.3 Å². The summed E-state index contributed by atoms with van der Waals surface area (Å²) in [5, 5.41) is 0. The number of anilines is 2. The maximum Gasteiger partial charge on any atom is 0.423 e. The zero-order valence-electron chi connectivity index (χ0n) is 16.1. The minimum atomic E-state index is -4.95. The molecule has 0 aliphatic heterocycles. The van der Waals surface area contributed by atoms with Crippen molar-refractivity contribution in [2.75, 3.05) is 18.1 Å². The van der Waals surface area contributed by atoms with Crippen LogP contribution in [0.25, 0.3) is 0 Å². The number of hydrogen-bond donors (Lipinski definition) is 0. The summed E-state index contributed by atoms with van der Waals surface area (Å²) in [5.74, 6) is -0.890. The molecule has 10 heteroatoms. The summed E-state index contributed by atoms with van der Waals surface area (Å²) >= 11 is 0. The van der Waals surface area contributed by atoms with Crippen LogP contribution >= 0.6 is 0 Å². The van der Waals surface area contributed by atoms with E-state index in [1.807, 2.05) is 12.1 Å². The van der Waals surface area contributed by atoms with Crippen LogP contribution in [0.2, 0.25) is 0 Å². The fourth-order valence-corrected chi connectivity index (χ4v) is 2.66. The van der Waals surface area contributed by atoms with E-state index in [2.05, 4.69) is 28.6 Å². The molecule has 0 aliphatic rings. The normalized spacial score (nSPS) is 12.3. The Hall–Kier alpha value is -2.52. The van der Waals surface area contributed by atoms with Crippen molar-refractivity contribution in [3.05, 3.63) is 41.6 Å². The predicted molar refractivity (Wildman–Crippen MR) is 96.2 cm³/mol. The molecule has 160 valence electrons.